The molecule has 1 fully saturated rings. The number of anilines is 2. The standard InChI is InChI=1S/C16H24N2O2/c1-16(2,3)15(19)17-12-5-7-13(8-6-12)18-10-9-14(11-18)20-4/h5-8,14H,9-11H2,1-4H3,(H,17,19)/t14-/m1/s1. The molecule has 0 radical (unpaired) electrons. The Bertz CT molecular complexity index is 462. The number of nitrogens with zero attached hydrogens (tertiary/aromatic N) is 1. The summed E-state index contributed by atoms with van der Waals surface area (Å²) in [5.74, 6) is 0.0332. The first kappa shape index (κ1) is 14.9. The molecule has 1 atom stereocenters. The molecule has 1 aliphatic rings. The van der Waals surface area contributed by atoms with E-state index < -0.39 is 0 Å². The van der Waals surface area contributed by atoms with Crippen molar-refractivity contribution < 1.29 is 9.53 Å². The Morgan fingerprint density at radius 3 is 2.45 bits per heavy atom. The van der Waals surface area contributed by atoms with Crippen molar-refractivity contribution >= 4 is 17.3 Å². The second kappa shape index (κ2) is 5.83. The molecule has 0 aromatic heterocycles. The molecule has 4 nitrogen and oxygen atoms in total. The van der Waals surface area contributed by atoms with Crippen LogP contribution < -0.4 is 10.2 Å². The molecule has 1 heterocycles. The van der Waals surface area contributed by atoms with E-state index in [4.69, 9.17) is 4.74 Å². The Labute approximate surface area is 121 Å². The molecule has 0 aliphatic carbocycles. The minimum Gasteiger partial charge on any atom is -0.380 e. The fourth-order valence-electron chi connectivity index (χ4n) is 2.23. The van der Waals surface area contributed by atoms with Crippen LogP contribution in [0.4, 0.5) is 11.4 Å². The average Bonchev–Trinajstić information content (AvgIpc) is 2.87. The summed E-state index contributed by atoms with van der Waals surface area (Å²) < 4.78 is 5.38. The van der Waals surface area contributed by atoms with E-state index in [1.54, 1.807) is 7.11 Å². The molecule has 0 bridgehead atoms. The third-order valence-electron chi connectivity index (χ3n) is 3.65. The molecule has 0 saturated carbocycles. The van der Waals surface area contributed by atoms with Crippen molar-refractivity contribution in [3.63, 3.8) is 0 Å². The quantitative estimate of drug-likeness (QED) is 0.923. The van der Waals surface area contributed by atoms with Crippen LogP contribution in [0, 0.1) is 5.41 Å². The first-order chi connectivity index (χ1) is 9.40. The van der Waals surface area contributed by atoms with Gasteiger partial charge in [0.1, 0.15) is 0 Å². The van der Waals surface area contributed by atoms with Gasteiger partial charge in [-0.25, -0.2) is 0 Å². The van der Waals surface area contributed by atoms with E-state index in [9.17, 15) is 4.79 Å². The molecule has 0 spiro atoms. The molecule has 1 N–H and O–H groups in total. The molecule has 0 unspecified atom stereocenters. The maximum Gasteiger partial charge on any atom is 0.229 e. The highest BCUT2D eigenvalue weighted by atomic mass is 16.5. The van der Waals surface area contributed by atoms with Gasteiger partial charge in [0.15, 0.2) is 0 Å². The van der Waals surface area contributed by atoms with Gasteiger partial charge in [-0.15, -0.1) is 0 Å². The summed E-state index contributed by atoms with van der Waals surface area (Å²) in [5.41, 5.74) is 1.65. The summed E-state index contributed by atoms with van der Waals surface area (Å²) in [4.78, 5) is 14.2. The van der Waals surface area contributed by atoms with E-state index in [1.165, 1.54) is 5.69 Å². The molecule has 1 aromatic rings. The molecule has 2 rings (SSSR count). The average molecular weight is 276 g/mol. The van der Waals surface area contributed by atoms with Gasteiger partial charge in [-0.05, 0) is 30.7 Å². The number of hydrogen-bond donors (Lipinski definition) is 1. The van der Waals surface area contributed by atoms with E-state index in [-0.39, 0.29) is 11.3 Å². The number of amides is 1. The molecule has 1 saturated heterocycles. The van der Waals surface area contributed by atoms with Gasteiger partial charge < -0.3 is 15.0 Å². The van der Waals surface area contributed by atoms with Gasteiger partial charge in [-0.2, -0.15) is 0 Å². The highest BCUT2D eigenvalue weighted by Crippen LogP contribution is 2.24. The number of ether oxygens (including phenoxy) is 1. The molecular weight excluding hydrogens is 252 g/mol. The predicted octanol–water partition coefficient (Wildman–Crippen LogP) is 2.90. The second-order valence-corrected chi connectivity index (χ2v) is 6.34. The zero-order valence-corrected chi connectivity index (χ0v) is 12.8. The van der Waals surface area contributed by atoms with E-state index in [1.807, 2.05) is 32.9 Å². The lowest BCUT2D eigenvalue weighted by atomic mass is 9.95. The van der Waals surface area contributed by atoms with Gasteiger partial charge >= 0.3 is 0 Å². The van der Waals surface area contributed by atoms with Crippen molar-refractivity contribution in [1.29, 1.82) is 0 Å². The zero-order chi connectivity index (χ0) is 14.8. The highest BCUT2D eigenvalue weighted by molar-refractivity contribution is 5.94. The highest BCUT2D eigenvalue weighted by Gasteiger charge is 2.23. The molecule has 1 amide bonds. The summed E-state index contributed by atoms with van der Waals surface area (Å²) >= 11 is 0. The largest absolute Gasteiger partial charge is 0.380 e. The number of benzene rings is 1. The lowest BCUT2D eigenvalue weighted by Crippen LogP contribution is -2.27. The van der Waals surface area contributed by atoms with Gasteiger partial charge in [0.2, 0.25) is 5.91 Å². The molecule has 1 aromatic carbocycles. The summed E-state index contributed by atoms with van der Waals surface area (Å²) in [5, 5.41) is 2.94. The van der Waals surface area contributed by atoms with Gasteiger partial charge in [-0.1, -0.05) is 20.8 Å². The Hall–Kier alpha value is -1.55. The maximum absolute atomic E-state index is 11.9. The van der Waals surface area contributed by atoms with Gasteiger partial charge in [0, 0.05) is 37.0 Å². The first-order valence-corrected chi connectivity index (χ1v) is 7.09. The van der Waals surface area contributed by atoms with Crippen molar-refractivity contribution in [2.45, 2.75) is 33.3 Å². The smallest absolute Gasteiger partial charge is 0.229 e. The third kappa shape index (κ3) is 3.51. The van der Waals surface area contributed by atoms with Crippen LogP contribution in [-0.4, -0.2) is 32.2 Å². The van der Waals surface area contributed by atoms with Crippen LogP contribution in [0.3, 0.4) is 0 Å². The van der Waals surface area contributed by atoms with E-state index in [0.717, 1.165) is 25.2 Å². The molecule has 4 heteroatoms. The SMILES string of the molecule is CO[C@@H]1CCN(c2ccc(NC(=O)C(C)(C)C)cc2)C1. The summed E-state index contributed by atoms with van der Waals surface area (Å²) in [7, 11) is 1.76. The molecule has 1 aliphatic heterocycles. The number of carbonyl (C=O) groups excluding carboxylic acids is 1. The number of methoxy groups -OCH3 is 1. The summed E-state index contributed by atoms with van der Waals surface area (Å²) in [6.07, 6.45) is 1.40. The van der Waals surface area contributed by atoms with Crippen LogP contribution in [0.5, 0.6) is 0 Å². The Balaban J connectivity index is 1.98. The van der Waals surface area contributed by atoms with Crippen molar-refractivity contribution in [2.75, 3.05) is 30.4 Å². The first-order valence-electron chi connectivity index (χ1n) is 7.09. The zero-order valence-electron chi connectivity index (χ0n) is 12.8. The Kier molecular flexibility index (Phi) is 4.33. The number of nitrogens with one attached hydrogen (secondary N) is 1. The lowest BCUT2D eigenvalue weighted by molar-refractivity contribution is -0.123. The van der Waals surface area contributed by atoms with Crippen LogP contribution >= 0.6 is 0 Å². The topological polar surface area (TPSA) is 41.6 Å². The van der Waals surface area contributed by atoms with E-state index in [0.29, 0.717) is 6.10 Å². The maximum atomic E-state index is 11.9. The number of carbonyl (C=O) groups is 1. The van der Waals surface area contributed by atoms with Crippen LogP contribution in [0.1, 0.15) is 27.2 Å². The minimum atomic E-state index is -0.376. The van der Waals surface area contributed by atoms with Crippen LogP contribution in [-0.2, 0) is 9.53 Å². The van der Waals surface area contributed by atoms with Crippen molar-refractivity contribution in [3.05, 3.63) is 24.3 Å². The molecule has 110 valence electrons. The second-order valence-electron chi connectivity index (χ2n) is 6.34. The lowest BCUT2D eigenvalue weighted by Gasteiger charge is -2.20. The van der Waals surface area contributed by atoms with Crippen molar-refractivity contribution in [1.82, 2.24) is 0 Å². The predicted molar refractivity (Wildman–Crippen MR) is 82.2 cm³/mol. The van der Waals surface area contributed by atoms with E-state index in [2.05, 4.69) is 22.3 Å². The van der Waals surface area contributed by atoms with Crippen molar-refractivity contribution in [2.24, 2.45) is 5.41 Å². The van der Waals surface area contributed by atoms with E-state index >= 15 is 0 Å². The molecule has 20 heavy (non-hydrogen) atoms. The van der Waals surface area contributed by atoms with Gasteiger partial charge in [0.05, 0.1) is 6.10 Å². The minimum absolute atomic E-state index is 0.0332. The fourth-order valence-corrected chi connectivity index (χ4v) is 2.23. The monoisotopic (exact) mass is 276 g/mol. The normalized spacial score (nSPS) is 19.2. The van der Waals surface area contributed by atoms with Gasteiger partial charge in [-0.3, -0.25) is 4.79 Å². The van der Waals surface area contributed by atoms with Crippen LogP contribution in [0.15, 0.2) is 24.3 Å². The Morgan fingerprint density at radius 2 is 1.95 bits per heavy atom. The molecular formula is C16H24N2O2. The summed E-state index contributed by atoms with van der Waals surface area (Å²) in [6, 6.07) is 8.02. The fraction of sp³-hybridized carbons (Fsp3) is 0.562. The third-order valence-corrected chi connectivity index (χ3v) is 3.65. The van der Waals surface area contributed by atoms with Gasteiger partial charge in [0.25, 0.3) is 0 Å². The number of rotatable bonds is 3. The number of hydrogen-bond acceptors (Lipinski definition) is 3. The Morgan fingerprint density at radius 1 is 1.30 bits per heavy atom. The van der Waals surface area contributed by atoms with Crippen LogP contribution in [0.25, 0.3) is 0 Å². The summed E-state index contributed by atoms with van der Waals surface area (Å²) in [6.45, 7) is 7.68. The van der Waals surface area contributed by atoms with Crippen LogP contribution in [0.2, 0.25) is 0 Å². The van der Waals surface area contributed by atoms with Crippen molar-refractivity contribution in [3.8, 4) is 0 Å².